The SMILES string of the molecule is Cc1c(Cc2cc3ccccc3c(C)n2)ncnc1C(=O)N1CCC(N2CCC(N(C)S(C)(=O)=O)CC2)CC1. The van der Waals surface area contributed by atoms with Crippen molar-refractivity contribution in [3.8, 4) is 0 Å². The molecule has 0 bridgehead atoms. The summed E-state index contributed by atoms with van der Waals surface area (Å²) in [6.07, 6.45) is 6.83. The molecule has 1 aromatic carbocycles. The Morgan fingerprint density at radius 3 is 2.41 bits per heavy atom. The fraction of sp³-hybridized carbons (Fsp3) is 0.517. The third-order valence-electron chi connectivity index (χ3n) is 8.53. The topological polar surface area (TPSA) is 99.6 Å². The van der Waals surface area contributed by atoms with Gasteiger partial charge >= 0.3 is 0 Å². The number of rotatable bonds is 6. The average Bonchev–Trinajstić information content (AvgIpc) is 2.93. The first-order valence-corrected chi connectivity index (χ1v) is 15.6. The monoisotopic (exact) mass is 550 g/mol. The van der Waals surface area contributed by atoms with Crippen LogP contribution in [0.3, 0.4) is 0 Å². The number of carbonyl (C=O) groups excluding carboxylic acids is 1. The molecule has 1 amide bonds. The smallest absolute Gasteiger partial charge is 0.272 e. The second-order valence-corrected chi connectivity index (χ2v) is 13.0. The van der Waals surface area contributed by atoms with E-state index < -0.39 is 10.0 Å². The van der Waals surface area contributed by atoms with Crippen molar-refractivity contribution in [2.75, 3.05) is 39.5 Å². The van der Waals surface area contributed by atoms with E-state index in [2.05, 4.69) is 33.1 Å². The summed E-state index contributed by atoms with van der Waals surface area (Å²) in [5, 5.41) is 2.29. The van der Waals surface area contributed by atoms with Crippen LogP contribution >= 0.6 is 0 Å². The lowest BCUT2D eigenvalue weighted by Crippen LogP contribution is -2.52. The lowest BCUT2D eigenvalue weighted by molar-refractivity contribution is 0.0542. The Morgan fingerprint density at radius 2 is 1.72 bits per heavy atom. The van der Waals surface area contributed by atoms with Gasteiger partial charge in [0.2, 0.25) is 10.0 Å². The van der Waals surface area contributed by atoms with Crippen molar-refractivity contribution in [2.45, 2.75) is 58.0 Å². The van der Waals surface area contributed by atoms with Gasteiger partial charge in [-0.15, -0.1) is 0 Å². The molecule has 5 rings (SSSR count). The first kappa shape index (κ1) is 27.6. The van der Waals surface area contributed by atoms with Crippen molar-refractivity contribution in [3.63, 3.8) is 0 Å². The van der Waals surface area contributed by atoms with Gasteiger partial charge < -0.3 is 9.80 Å². The predicted octanol–water partition coefficient (Wildman–Crippen LogP) is 3.19. The fourth-order valence-corrected chi connectivity index (χ4v) is 6.80. The Labute approximate surface area is 231 Å². The van der Waals surface area contributed by atoms with Gasteiger partial charge in [0, 0.05) is 61.0 Å². The number of nitrogens with zero attached hydrogens (tertiary/aromatic N) is 6. The molecule has 208 valence electrons. The number of carbonyl (C=O) groups is 1. The highest BCUT2D eigenvalue weighted by Gasteiger charge is 2.33. The third kappa shape index (κ3) is 5.97. The molecule has 2 aliphatic rings. The highest BCUT2D eigenvalue weighted by atomic mass is 32.2. The molecule has 2 saturated heterocycles. The molecular weight excluding hydrogens is 512 g/mol. The summed E-state index contributed by atoms with van der Waals surface area (Å²) in [7, 11) is -1.49. The van der Waals surface area contributed by atoms with E-state index in [0.29, 0.717) is 31.2 Å². The number of benzene rings is 1. The summed E-state index contributed by atoms with van der Waals surface area (Å²) in [6.45, 7) is 7.11. The lowest BCUT2D eigenvalue weighted by atomic mass is 9.97. The van der Waals surface area contributed by atoms with Crippen molar-refractivity contribution < 1.29 is 13.2 Å². The summed E-state index contributed by atoms with van der Waals surface area (Å²) in [5.41, 5.74) is 4.03. The number of sulfonamides is 1. The molecule has 0 atom stereocenters. The summed E-state index contributed by atoms with van der Waals surface area (Å²) < 4.78 is 25.3. The molecule has 2 aliphatic heterocycles. The van der Waals surface area contributed by atoms with E-state index in [9.17, 15) is 13.2 Å². The minimum absolute atomic E-state index is 0.0364. The van der Waals surface area contributed by atoms with Gasteiger partial charge in [0.05, 0.1) is 11.9 Å². The first-order chi connectivity index (χ1) is 18.6. The summed E-state index contributed by atoms with van der Waals surface area (Å²) in [6, 6.07) is 10.8. The van der Waals surface area contributed by atoms with E-state index >= 15 is 0 Å². The first-order valence-electron chi connectivity index (χ1n) is 13.7. The molecular formula is C29H38N6O3S. The van der Waals surface area contributed by atoms with Gasteiger partial charge in [-0.3, -0.25) is 9.78 Å². The molecule has 4 heterocycles. The quantitative estimate of drug-likeness (QED) is 0.465. The Bertz CT molecular complexity index is 1460. The number of aromatic nitrogens is 3. The van der Waals surface area contributed by atoms with Crippen molar-refractivity contribution in [2.24, 2.45) is 0 Å². The Kier molecular flexibility index (Phi) is 7.98. The van der Waals surface area contributed by atoms with Gasteiger partial charge in [-0.2, -0.15) is 0 Å². The van der Waals surface area contributed by atoms with E-state index in [4.69, 9.17) is 4.98 Å². The number of piperidine rings is 2. The minimum atomic E-state index is -3.17. The molecule has 0 unspecified atom stereocenters. The number of hydrogen-bond donors (Lipinski definition) is 0. The van der Waals surface area contributed by atoms with Crippen LogP contribution in [0.4, 0.5) is 0 Å². The van der Waals surface area contributed by atoms with Crippen molar-refractivity contribution in [1.82, 2.24) is 29.1 Å². The van der Waals surface area contributed by atoms with Crippen LogP contribution in [0.5, 0.6) is 0 Å². The van der Waals surface area contributed by atoms with Gasteiger partial charge in [-0.05, 0) is 64.1 Å². The highest BCUT2D eigenvalue weighted by molar-refractivity contribution is 7.88. The maximum atomic E-state index is 13.5. The van der Waals surface area contributed by atoms with Crippen LogP contribution in [-0.4, -0.2) is 94.9 Å². The molecule has 3 aromatic rings. The average molecular weight is 551 g/mol. The molecule has 0 aliphatic carbocycles. The van der Waals surface area contributed by atoms with Crippen LogP contribution < -0.4 is 0 Å². The summed E-state index contributed by atoms with van der Waals surface area (Å²) >= 11 is 0. The molecule has 10 heteroatoms. The molecule has 0 saturated carbocycles. The van der Waals surface area contributed by atoms with E-state index in [1.165, 1.54) is 16.9 Å². The van der Waals surface area contributed by atoms with E-state index in [1.807, 2.05) is 30.9 Å². The molecule has 0 radical (unpaired) electrons. The van der Waals surface area contributed by atoms with Crippen LogP contribution in [-0.2, 0) is 16.4 Å². The highest BCUT2D eigenvalue weighted by Crippen LogP contribution is 2.25. The maximum absolute atomic E-state index is 13.5. The second-order valence-electron chi connectivity index (χ2n) is 11.0. The van der Waals surface area contributed by atoms with E-state index in [1.54, 1.807) is 7.05 Å². The van der Waals surface area contributed by atoms with E-state index in [0.717, 1.165) is 72.2 Å². The van der Waals surface area contributed by atoms with Crippen LogP contribution in [0.1, 0.15) is 58.8 Å². The number of amides is 1. The molecule has 0 spiro atoms. The normalized spacial score (nSPS) is 18.2. The van der Waals surface area contributed by atoms with Crippen molar-refractivity contribution in [3.05, 3.63) is 65.0 Å². The second kappa shape index (κ2) is 11.3. The molecule has 2 aromatic heterocycles. The van der Waals surface area contributed by atoms with Gasteiger partial charge in [0.15, 0.2) is 0 Å². The predicted molar refractivity (Wildman–Crippen MR) is 152 cm³/mol. The zero-order valence-electron chi connectivity index (χ0n) is 23.3. The van der Waals surface area contributed by atoms with Gasteiger partial charge in [0.25, 0.3) is 5.91 Å². The number of fused-ring (bicyclic) bond motifs is 1. The third-order valence-corrected chi connectivity index (χ3v) is 9.87. The Morgan fingerprint density at radius 1 is 1.03 bits per heavy atom. The van der Waals surface area contributed by atoms with Gasteiger partial charge in [-0.25, -0.2) is 22.7 Å². The van der Waals surface area contributed by atoms with Crippen LogP contribution in [0.25, 0.3) is 10.8 Å². The Hall–Kier alpha value is -2.95. The summed E-state index contributed by atoms with van der Waals surface area (Å²) in [4.78, 5) is 31.6. The largest absolute Gasteiger partial charge is 0.337 e. The van der Waals surface area contributed by atoms with Crippen LogP contribution in [0.15, 0.2) is 36.7 Å². The maximum Gasteiger partial charge on any atom is 0.272 e. The molecule has 39 heavy (non-hydrogen) atoms. The van der Waals surface area contributed by atoms with Crippen molar-refractivity contribution >= 4 is 26.7 Å². The molecule has 9 nitrogen and oxygen atoms in total. The number of hydrogen-bond acceptors (Lipinski definition) is 7. The zero-order chi connectivity index (χ0) is 27.7. The number of aryl methyl sites for hydroxylation is 1. The lowest BCUT2D eigenvalue weighted by Gasteiger charge is -2.43. The van der Waals surface area contributed by atoms with Gasteiger partial charge in [-0.1, -0.05) is 24.3 Å². The van der Waals surface area contributed by atoms with Crippen LogP contribution in [0, 0.1) is 13.8 Å². The Balaban J connectivity index is 1.20. The number of likely N-dealkylation sites (tertiary alicyclic amines) is 2. The van der Waals surface area contributed by atoms with Crippen LogP contribution in [0.2, 0.25) is 0 Å². The molecule has 0 N–H and O–H groups in total. The fourth-order valence-electron chi connectivity index (χ4n) is 6.05. The van der Waals surface area contributed by atoms with E-state index in [-0.39, 0.29) is 11.9 Å². The summed E-state index contributed by atoms with van der Waals surface area (Å²) in [5.74, 6) is -0.0364. The number of pyridine rings is 1. The minimum Gasteiger partial charge on any atom is -0.337 e. The zero-order valence-corrected chi connectivity index (χ0v) is 24.1. The van der Waals surface area contributed by atoms with Crippen molar-refractivity contribution in [1.29, 1.82) is 0 Å². The van der Waals surface area contributed by atoms with Gasteiger partial charge in [0.1, 0.15) is 12.0 Å². The standard InChI is InChI=1S/C29H38N6O3S/c1-20-27(18-23-17-22-7-5-6-8-26(22)21(2)32-23)30-19-31-28(20)29(36)35-15-11-25(12-16-35)34-13-9-24(10-14-34)33(3)39(4,37)38/h5-8,17,19,24-25H,9-16,18H2,1-4H3. The molecule has 2 fully saturated rings.